The van der Waals surface area contributed by atoms with Crippen LogP contribution in [0.1, 0.15) is 19.6 Å². The molecule has 3 rings (SSSR count). The van der Waals surface area contributed by atoms with Crippen molar-refractivity contribution in [2.45, 2.75) is 24.3 Å². The van der Waals surface area contributed by atoms with Crippen LogP contribution >= 0.6 is 0 Å². The number of Topliss-reactive ketones (excluding diaryl/α,β-unsaturated/α-hetero) is 1. The van der Waals surface area contributed by atoms with E-state index in [1.165, 1.54) is 31.4 Å². The number of ketones is 1. The minimum atomic E-state index is -4.06. The summed E-state index contributed by atoms with van der Waals surface area (Å²) in [5, 5.41) is 0. The molecular weight excluding hydrogens is 362 g/mol. The molecule has 0 radical (unpaired) electrons. The Morgan fingerprint density at radius 1 is 1.15 bits per heavy atom. The Bertz CT molecular complexity index is 977. The number of nitrogens with one attached hydrogen (secondary N) is 1. The third-order valence-electron chi connectivity index (χ3n) is 3.67. The molecule has 0 spiro atoms. The highest BCUT2D eigenvalue weighted by Crippen LogP contribution is 2.39. The van der Waals surface area contributed by atoms with Crippen LogP contribution in [0.3, 0.4) is 0 Å². The second kappa shape index (κ2) is 6.34. The van der Waals surface area contributed by atoms with Gasteiger partial charge >= 0.3 is 5.97 Å². The normalized spacial score (nSPS) is 20.0. The predicted octanol–water partition coefficient (Wildman–Crippen LogP) is 1.80. The van der Waals surface area contributed by atoms with E-state index in [1.54, 1.807) is 24.3 Å². The lowest BCUT2D eigenvalue weighted by molar-refractivity contribution is -0.142. The van der Waals surface area contributed by atoms with Crippen LogP contribution in [0.15, 0.2) is 69.7 Å². The van der Waals surface area contributed by atoms with Crippen LogP contribution in [0.4, 0.5) is 0 Å². The van der Waals surface area contributed by atoms with Crippen molar-refractivity contribution in [1.82, 2.24) is 4.72 Å². The third-order valence-corrected chi connectivity index (χ3v) is 5.02. The van der Waals surface area contributed by atoms with Gasteiger partial charge in [0.1, 0.15) is 0 Å². The number of furan rings is 1. The minimum Gasteiger partial charge on any atom is -0.465 e. The van der Waals surface area contributed by atoms with Gasteiger partial charge in [-0.2, -0.15) is 0 Å². The number of hydrogen-bond donors (Lipinski definition) is 1. The van der Waals surface area contributed by atoms with E-state index in [2.05, 4.69) is 4.72 Å². The molecule has 1 aliphatic rings. The topological polar surface area (TPSA) is 112 Å². The van der Waals surface area contributed by atoms with Gasteiger partial charge in [-0.15, -0.1) is 0 Å². The van der Waals surface area contributed by atoms with Crippen LogP contribution < -0.4 is 4.72 Å². The van der Waals surface area contributed by atoms with Crippen molar-refractivity contribution < 1.29 is 31.9 Å². The molecule has 8 nitrogen and oxygen atoms in total. The lowest BCUT2D eigenvalue weighted by Crippen LogP contribution is -2.32. The average Bonchev–Trinajstić information content (AvgIpc) is 3.20. The van der Waals surface area contributed by atoms with Crippen LogP contribution in [-0.2, 0) is 34.7 Å². The van der Waals surface area contributed by atoms with Crippen LogP contribution in [0.2, 0.25) is 0 Å². The molecule has 0 saturated carbocycles. The highest BCUT2D eigenvalue weighted by Gasteiger charge is 2.52. The molecule has 136 valence electrons. The summed E-state index contributed by atoms with van der Waals surface area (Å²) < 4.78 is 42.9. The number of benzene rings is 1. The fourth-order valence-electron chi connectivity index (χ4n) is 2.41. The Morgan fingerprint density at radius 3 is 2.42 bits per heavy atom. The first kappa shape index (κ1) is 17.7. The number of carbonyl (C=O) groups is 2. The Kier molecular flexibility index (Phi) is 4.33. The lowest BCUT2D eigenvalue weighted by atomic mass is 9.98. The van der Waals surface area contributed by atoms with E-state index < -0.39 is 39.0 Å². The molecule has 2 heterocycles. The Morgan fingerprint density at radius 2 is 1.85 bits per heavy atom. The van der Waals surface area contributed by atoms with Crippen LogP contribution in [0, 0.1) is 0 Å². The summed E-state index contributed by atoms with van der Waals surface area (Å²) in [6.07, 6.45) is 1.34. The first-order valence-electron chi connectivity index (χ1n) is 7.52. The second-order valence-corrected chi connectivity index (χ2v) is 7.29. The fraction of sp³-hybridized carbons (Fsp3) is 0.176. The molecule has 0 amide bonds. The molecule has 0 bridgehead atoms. The van der Waals surface area contributed by atoms with Gasteiger partial charge in [-0.05, 0) is 31.2 Å². The first-order valence-corrected chi connectivity index (χ1v) is 9.01. The average molecular weight is 377 g/mol. The van der Waals surface area contributed by atoms with Crippen molar-refractivity contribution in [3.8, 4) is 0 Å². The zero-order valence-electron chi connectivity index (χ0n) is 13.9. The smallest absolute Gasteiger partial charge is 0.308 e. The summed E-state index contributed by atoms with van der Waals surface area (Å²) in [5.74, 6) is -2.41. The summed E-state index contributed by atoms with van der Waals surface area (Å²) in [7, 11) is -4.06. The predicted molar refractivity (Wildman–Crippen MR) is 87.7 cm³/mol. The third kappa shape index (κ3) is 3.08. The van der Waals surface area contributed by atoms with Gasteiger partial charge in [-0.3, -0.25) is 9.59 Å². The molecular formula is C17H15NO7S. The molecule has 1 unspecified atom stereocenters. The van der Waals surface area contributed by atoms with Crippen LogP contribution in [0.5, 0.6) is 0 Å². The Labute approximate surface area is 149 Å². The minimum absolute atomic E-state index is 0.0441. The Balaban J connectivity index is 2.00. The first-order chi connectivity index (χ1) is 12.2. The fourth-order valence-corrected chi connectivity index (χ4v) is 3.42. The Hall–Kier alpha value is -3.07. The van der Waals surface area contributed by atoms with Crippen molar-refractivity contribution in [3.63, 3.8) is 0 Å². The van der Waals surface area contributed by atoms with Crippen molar-refractivity contribution in [1.29, 1.82) is 0 Å². The van der Waals surface area contributed by atoms with E-state index in [1.807, 2.05) is 0 Å². The zero-order chi connectivity index (χ0) is 18.9. The molecule has 0 fully saturated rings. The molecule has 26 heavy (non-hydrogen) atoms. The number of carbonyl (C=O) groups excluding carboxylic acids is 2. The van der Waals surface area contributed by atoms with Gasteiger partial charge in [-0.1, -0.05) is 18.2 Å². The molecule has 0 saturated heterocycles. The van der Waals surface area contributed by atoms with Crippen LogP contribution in [0.25, 0.3) is 0 Å². The van der Waals surface area contributed by atoms with E-state index in [0.717, 1.165) is 6.92 Å². The zero-order valence-corrected chi connectivity index (χ0v) is 14.7. The number of ether oxygens (including phenoxy) is 2. The van der Waals surface area contributed by atoms with Gasteiger partial charge < -0.3 is 13.9 Å². The maximum absolute atomic E-state index is 12.7. The number of sulfonamides is 1. The van der Waals surface area contributed by atoms with Gasteiger partial charge in [0.25, 0.3) is 21.7 Å². The lowest BCUT2D eigenvalue weighted by Gasteiger charge is -2.20. The molecule has 1 aromatic carbocycles. The summed E-state index contributed by atoms with van der Waals surface area (Å²) in [5.41, 5.74) is -1.66. The molecule has 1 aromatic heterocycles. The van der Waals surface area contributed by atoms with Crippen molar-refractivity contribution in [2.24, 2.45) is 0 Å². The number of esters is 1. The molecule has 0 aliphatic carbocycles. The number of rotatable bonds is 5. The maximum Gasteiger partial charge on any atom is 0.308 e. The van der Waals surface area contributed by atoms with E-state index in [9.17, 15) is 18.0 Å². The van der Waals surface area contributed by atoms with Gasteiger partial charge in [0.15, 0.2) is 5.76 Å². The molecule has 9 heteroatoms. The number of hydrogen-bond acceptors (Lipinski definition) is 7. The summed E-state index contributed by atoms with van der Waals surface area (Å²) >= 11 is 0. The van der Waals surface area contributed by atoms with Crippen LogP contribution in [-0.4, -0.2) is 20.2 Å². The molecule has 1 aliphatic heterocycles. The summed E-state index contributed by atoms with van der Waals surface area (Å²) in [4.78, 5) is 24.1. The highest BCUT2D eigenvalue weighted by molar-refractivity contribution is 7.89. The molecule has 1 N–H and O–H groups in total. The van der Waals surface area contributed by atoms with Gasteiger partial charge in [0.2, 0.25) is 11.4 Å². The monoisotopic (exact) mass is 377 g/mol. The maximum atomic E-state index is 12.7. The van der Waals surface area contributed by atoms with Crippen molar-refractivity contribution >= 4 is 21.8 Å². The van der Waals surface area contributed by atoms with E-state index >= 15 is 0 Å². The standard InChI is InChI=1S/C17H15NO7S/c1-11(19)24-14-15(20)17(2,13-9-6-10-23-13)25-16(14)18-26(21,22)12-7-4-3-5-8-12/h3-10,18H,1-2H3. The van der Waals surface area contributed by atoms with Crippen molar-refractivity contribution in [3.05, 3.63) is 66.1 Å². The SMILES string of the molecule is CC(=O)OC1=C(NS(=O)(=O)c2ccccc2)OC(C)(c2ccco2)C1=O. The second-order valence-electron chi connectivity index (χ2n) is 5.61. The van der Waals surface area contributed by atoms with E-state index in [-0.39, 0.29) is 10.7 Å². The van der Waals surface area contributed by atoms with Gasteiger partial charge in [-0.25, -0.2) is 13.1 Å². The van der Waals surface area contributed by atoms with E-state index in [0.29, 0.717) is 0 Å². The highest BCUT2D eigenvalue weighted by atomic mass is 32.2. The van der Waals surface area contributed by atoms with E-state index in [4.69, 9.17) is 13.9 Å². The van der Waals surface area contributed by atoms with Gasteiger partial charge in [0, 0.05) is 6.92 Å². The summed E-state index contributed by atoms with van der Waals surface area (Å²) in [6, 6.07) is 10.5. The largest absolute Gasteiger partial charge is 0.465 e. The van der Waals surface area contributed by atoms with Gasteiger partial charge in [0.05, 0.1) is 11.2 Å². The molecule has 2 aromatic rings. The quantitative estimate of drug-likeness (QED) is 0.791. The van der Waals surface area contributed by atoms with Crippen molar-refractivity contribution in [2.75, 3.05) is 0 Å². The summed E-state index contributed by atoms with van der Waals surface area (Å²) in [6.45, 7) is 2.48. The molecule has 1 atom stereocenters.